The molecule has 0 saturated heterocycles. The second-order valence-corrected chi connectivity index (χ2v) is 17.2. The van der Waals surface area contributed by atoms with Crippen LogP contribution in [-0.4, -0.2) is 100 Å². The van der Waals surface area contributed by atoms with Crippen LogP contribution >= 0.6 is 0 Å². The lowest BCUT2D eigenvalue weighted by molar-refractivity contribution is -0.146. The third-order valence-corrected chi connectivity index (χ3v) is 9.95. The Morgan fingerprint density at radius 2 is 1.29 bits per heavy atom. The molecule has 0 bridgehead atoms. The van der Waals surface area contributed by atoms with E-state index in [1.165, 1.54) is 6.20 Å². The van der Waals surface area contributed by atoms with Gasteiger partial charge < -0.3 is 49.7 Å². The first-order valence-corrected chi connectivity index (χ1v) is 21.1. The standard InChI is InChI=1S/C47H54N6O12/c1-46(2,3)64-44(59)49-20-22-61-37-16-11-17-38(62-23-21-50-45(60)65-47(4,5)6)39(37)35-24-28-25-53(42(57)52-40(28)51-35)26-36(54)33(41(55)56)18-19-48-43(58)63-27-34-31-14-9-7-12-29(31)30-13-8-10-15-32(30)34/h7-17,24-25,33-34H,18-23,26-27H2,1-6H3,(H,48,58)(H,49,59)(H,50,60)(H,55,56)(H,51,52,57). The molecule has 6 rings (SSSR count). The molecule has 5 aromatic rings. The first-order valence-electron chi connectivity index (χ1n) is 21.1. The number of carboxylic acids is 1. The van der Waals surface area contributed by atoms with Crippen LogP contribution in [0.3, 0.4) is 0 Å². The lowest BCUT2D eigenvalue weighted by Gasteiger charge is -2.20. The first-order chi connectivity index (χ1) is 30.9. The second-order valence-electron chi connectivity index (χ2n) is 17.2. The highest BCUT2D eigenvalue weighted by molar-refractivity contribution is 5.98. The number of carboxylic acid groups (broad SMARTS) is 1. The summed E-state index contributed by atoms with van der Waals surface area (Å²) in [4.78, 5) is 83.3. The lowest BCUT2D eigenvalue weighted by Crippen LogP contribution is -2.35. The number of amides is 3. The van der Waals surface area contributed by atoms with Crippen LogP contribution in [-0.2, 0) is 30.3 Å². The highest BCUT2D eigenvalue weighted by atomic mass is 16.6. The van der Waals surface area contributed by atoms with Gasteiger partial charge >= 0.3 is 29.9 Å². The van der Waals surface area contributed by atoms with Crippen molar-refractivity contribution in [3.8, 4) is 33.9 Å². The number of alkyl carbamates (subject to hydrolysis) is 3. The predicted molar refractivity (Wildman–Crippen MR) is 239 cm³/mol. The summed E-state index contributed by atoms with van der Waals surface area (Å²) < 4.78 is 29.3. The molecule has 0 saturated carbocycles. The highest BCUT2D eigenvalue weighted by Crippen LogP contribution is 2.44. The predicted octanol–water partition coefficient (Wildman–Crippen LogP) is 6.40. The zero-order valence-electron chi connectivity index (χ0n) is 37.1. The highest BCUT2D eigenvalue weighted by Gasteiger charge is 2.30. The SMILES string of the molecule is CC(C)(C)OC(=O)NCCOc1cccc(OCCNC(=O)OC(C)(C)C)c1-c1cc2cn(CC(=O)C(CCNC(=O)OCC3c4ccccc4-c4ccccc43)C(=O)O)c(=O)nc2[nH]1. The van der Waals surface area contributed by atoms with E-state index in [1.54, 1.807) is 65.8 Å². The fourth-order valence-corrected chi connectivity index (χ4v) is 7.22. The van der Waals surface area contributed by atoms with Crippen molar-refractivity contribution in [3.05, 3.63) is 101 Å². The van der Waals surface area contributed by atoms with E-state index in [2.05, 4.69) is 25.9 Å². The van der Waals surface area contributed by atoms with Gasteiger partial charge in [-0.1, -0.05) is 54.6 Å². The maximum atomic E-state index is 13.4. The number of aliphatic carboxylic acids is 1. The monoisotopic (exact) mass is 894 g/mol. The molecule has 18 heteroatoms. The number of nitrogens with one attached hydrogen (secondary N) is 4. The first kappa shape index (κ1) is 47.1. The zero-order valence-corrected chi connectivity index (χ0v) is 37.1. The minimum atomic E-state index is -1.55. The van der Waals surface area contributed by atoms with Gasteiger partial charge in [0.15, 0.2) is 5.78 Å². The van der Waals surface area contributed by atoms with Gasteiger partial charge in [0.25, 0.3) is 0 Å². The Morgan fingerprint density at radius 1 is 0.754 bits per heavy atom. The number of carbonyl (C=O) groups excluding carboxylic acids is 4. The van der Waals surface area contributed by atoms with Crippen LogP contribution in [0, 0.1) is 5.92 Å². The molecule has 0 radical (unpaired) electrons. The molecule has 2 aromatic heterocycles. The molecule has 0 spiro atoms. The van der Waals surface area contributed by atoms with Crippen molar-refractivity contribution in [1.82, 2.24) is 30.5 Å². The van der Waals surface area contributed by atoms with Crippen LogP contribution < -0.4 is 31.1 Å². The Hall–Kier alpha value is -7.37. The van der Waals surface area contributed by atoms with Gasteiger partial charge in [-0.3, -0.25) is 14.2 Å². The molecule has 3 amide bonds. The van der Waals surface area contributed by atoms with Crippen LogP contribution in [0.15, 0.2) is 83.8 Å². The van der Waals surface area contributed by atoms with Gasteiger partial charge in [-0.05, 0) is 88.4 Å². The number of Topliss-reactive ketones (excluding diaryl/α,β-unsaturated/α-hetero) is 1. The van der Waals surface area contributed by atoms with Gasteiger partial charge in [-0.25, -0.2) is 19.2 Å². The van der Waals surface area contributed by atoms with Crippen molar-refractivity contribution in [2.45, 2.75) is 71.6 Å². The van der Waals surface area contributed by atoms with E-state index in [1.807, 2.05) is 48.5 Å². The average Bonchev–Trinajstić information content (AvgIpc) is 3.78. The number of H-pyrrole nitrogens is 1. The molecule has 65 heavy (non-hydrogen) atoms. The number of rotatable bonds is 18. The maximum absolute atomic E-state index is 13.4. The molecule has 3 aromatic carbocycles. The number of aromatic nitrogens is 3. The number of aromatic amines is 1. The van der Waals surface area contributed by atoms with Gasteiger partial charge in [0, 0.05) is 24.0 Å². The van der Waals surface area contributed by atoms with E-state index >= 15 is 0 Å². The third-order valence-electron chi connectivity index (χ3n) is 9.95. The molecule has 0 fully saturated rings. The van der Waals surface area contributed by atoms with Crippen molar-refractivity contribution >= 4 is 41.1 Å². The molecule has 0 aliphatic heterocycles. The third kappa shape index (κ3) is 12.6. The minimum Gasteiger partial charge on any atom is -0.491 e. The van der Waals surface area contributed by atoms with Gasteiger partial charge in [-0.2, -0.15) is 4.98 Å². The molecular formula is C47H54N6O12. The van der Waals surface area contributed by atoms with Gasteiger partial charge in [0.2, 0.25) is 0 Å². The Kier molecular flexibility index (Phi) is 14.8. The summed E-state index contributed by atoms with van der Waals surface area (Å²) in [5, 5.41) is 18.2. The summed E-state index contributed by atoms with van der Waals surface area (Å²) in [6, 6.07) is 22.5. The number of benzene rings is 3. The van der Waals surface area contributed by atoms with Crippen molar-refractivity contribution in [2.24, 2.45) is 5.92 Å². The van der Waals surface area contributed by atoms with E-state index < -0.39 is 59.4 Å². The molecule has 1 unspecified atom stereocenters. The van der Waals surface area contributed by atoms with Crippen LogP contribution in [0.2, 0.25) is 0 Å². The fourth-order valence-electron chi connectivity index (χ4n) is 7.22. The second kappa shape index (κ2) is 20.4. The van der Waals surface area contributed by atoms with Crippen molar-refractivity contribution in [1.29, 1.82) is 0 Å². The lowest BCUT2D eigenvalue weighted by atomic mass is 9.98. The molecule has 1 aliphatic rings. The van der Waals surface area contributed by atoms with E-state index in [0.717, 1.165) is 26.8 Å². The summed E-state index contributed by atoms with van der Waals surface area (Å²) in [5.74, 6) is -3.24. The Morgan fingerprint density at radius 3 is 1.83 bits per heavy atom. The molecule has 5 N–H and O–H groups in total. The molecule has 18 nitrogen and oxygen atoms in total. The van der Waals surface area contributed by atoms with Crippen LogP contribution in [0.5, 0.6) is 11.5 Å². The maximum Gasteiger partial charge on any atom is 0.407 e. The molecular weight excluding hydrogens is 841 g/mol. The molecule has 1 atom stereocenters. The van der Waals surface area contributed by atoms with E-state index in [4.69, 9.17) is 23.7 Å². The molecule has 1 aliphatic carbocycles. The number of nitrogens with zero attached hydrogens (tertiary/aromatic N) is 2. The summed E-state index contributed by atoms with van der Waals surface area (Å²) in [6.45, 7) is 10.0. The Bertz CT molecular complexity index is 2510. The summed E-state index contributed by atoms with van der Waals surface area (Å²) in [6.07, 6.45) is -0.851. The quantitative estimate of drug-likeness (QED) is 0.0364. The van der Waals surface area contributed by atoms with Gasteiger partial charge in [-0.15, -0.1) is 0 Å². The molecule has 344 valence electrons. The van der Waals surface area contributed by atoms with Crippen LogP contribution in [0.1, 0.15) is 65.0 Å². The zero-order chi connectivity index (χ0) is 46.9. The Labute approximate surface area is 375 Å². The normalized spacial score (nSPS) is 12.6. The van der Waals surface area contributed by atoms with Crippen LogP contribution in [0.4, 0.5) is 14.4 Å². The minimum absolute atomic E-state index is 0.0349. The topological polar surface area (TPSA) is 238 Å². The van der Waals surface area contributed by atoms with Crippen LogP contribution in [0.25, 0.3) is 33.4 Å². The summed E-state index contributed by atoms with van der Waals surface area (Å²) in [7, 11) is 0. The largest absolute Gasteiger partial charge is 0.491 e. The summed E-state index contributed by atoms with van der Waals surface area (Å²) >= 11 is 0. The smallest absolute Gasteiger partial charge is 0.407 e. The van der Waals surface area contributed by atoms with Gasteiger partial charge in [0.1, 0.15) is 54.1 Å². The van der Waals surface area contributed by atoms with E-state index in [0.29, 0.717) is 28.1 Å². The number of ketones is 1. The number of hydrogen-bond donors (Lipinski definition) is 5. The van der Waals surface area contributed by atoms with E-state index in [9.17, 15) is 33.9 Å². The van der Waals surface area contributed by atoms with Crippen molar-refractivity contribution in [3.63, 3.8) is 0 Å². The Balaban J connectivity index is 1.11. The number of fused-ring (bicyclic) bond motifs is 4. The average molecular weight is 895 g/mol. The number of carbonyl (C=O) groups is 5. The van der Waals surface area contributed by atoms with Crippen molar-refractivity contribution in [2.75, 3.05) is 39.5 Å². The number of ether oxygens (including phenoxy) is 5. The fraction of sp³-hybridized carbons (Fsp3) is 0.383. The molecule has 2 heterocycles. The van der Waals surface area contributed by atoms with Gasteiger partial charge in [0.05, 0.1) is 30.9 Å². The van der Waals surface area contributed by atoms with E-state index in [-0.39, 0.29) is 57.4 Å². The summed E-state index contributed by atoms with van der Waals surface area (Å²) in [5.41, 5.74) is 3.02. The van der Waals surface area contributed by atoms with Crippen molar-refractivity contribution < 1.29 is 52.8 Å². The number of hydrogen-bond acceptors (Lipinski definition) is 12.